The highest BCUT2D eigenvalue weighted by Gasteiger charge is 2.46. The molecule has 0 atom stereocenters. The predicted octanol–water partition coefficient (Wildman–Crippen LogP) is 5.79. The third kappa shape index (κ3) is 3.60. The predicted molar refractivity (Wildman–Crippen MR) is 81.4 cm³/mol. The first-order chi connectivity index (χ1) is 9.24. The Kier molecular flexibility index (Phi) is 4.91. The van der Waals surface area contributed by atoms with Crippen LogP contribution in [0.15, 0.2) is 14.3 Å². The van der Waals surface area contributed by atoms with Crippen LogP contribution >= 0.6 is 43.2 Å². The third-order valence-corrected chi connectivity index (χ3v) is 7.16. The summed E-state index contributed by atoms with van der Waals surface area (Å²) in [5, 5.41) is 9.00. The summed E-state index contributed by atoms with van der Waals surface area (Å²) in [5.74, 6) is -3.98. The normalized spacial score (nSPS) is 18.4. The highest BCUT2D eigenvalue weighted by Crippen LogP contribution is 2.52. The van der Waals surface area contributed by atoms with E-state index in [1.54, 1.807) is 0 Å². The van der Waals surface area contributed by atoms with Crippen LogP contribution in [0.1, 0.15) is 43.4 Å². The number of carboxylic acids is 1. The molecule has 1 heterocycles. The lowest BCUT2D eigenvalue weighted by Gasteiger charge is -2.31. The standard InChI is InChI=1S/C13H14Br2F2O2S/c14-8-5-9(20-11(8)15)13(16,17)7-12(6-10(18)19)3-1-2-4-12/h5H,1-4,6-7H2,(H,18,19). The fraction of sp³-hybridized carbons (Fsp3) is 0.615. The molecule has 0 amide bonds. The third-order valence-electron chi connectivity index (χ3n) is 3.79. The van der Waals surface area contributed by atoms with Crippen LogP contribution in [0, 0.1) is 5.41 Å². The van der Waals surface area contributed by atoms with Crippen LogP contribution in [0.5, 0.6) is 0 Å². The van der Waals surface area contributed by atoms with Gasteiger partial charge in [0.1, 0.15) is 0 Å². The van der Waals surface area contributed by atoms with Crippen LogP contribution in [0.2, 0.25) is 0 Å². The van der Waals surface area contributed by atoms with Crippen LogP contribution in [-0.2, 0) is 10.7 Å². The molecule has 1 aromatic heterocycles. The summed E-state index contributed by atoms with van der Waals surface area (Å²) in [6.07, 6.45) is 2.26. The highest BCUT2D eigenvalue weighted by atomic mass is 79.9. The number of carbonyl (C=O) groups is 1. The maximum atomic E-state index is 14.5. The molecule has 1 fully saturated rings. The number of hydrogen-bond acceptors (Lipinski definition) is 2. The number of carboxylic acid groups (broad SMARTS) is 1. The molecule has 7 heteroatoms. The zero-order valence-electron chi connectivity index (χ0n) is 10.6. The molecule has 2 rings (SSSR count). The summed E-state index contributed by atoms with van der Waals surface area (Å²) in [4.78, 5) is 11.0. The molecule has 0 unspecified atom stereocenters. The van der Waals surface area contributed by atoms with Gasteiger partial charge in [0.25, 0.3) is 5.92 Å². The minimum atomic E-state index is -2.99. The molecule has 1 aliphatic rings. The largest absolute Gasteiger partial charge is 0.481 e. The van der Waals surface area contributed by atoms with Gasteiger partial charge in [-0.3, -0.25) is 4.79 Å². The van der Waals surface area contributed by atoms with Gasteiger partial charge in [-0.2, -0.15) is 0 Å². The average Bonchev–Trinajstić information content (AvgIpc) is 2.86. The van der Waals surface area contributed by atoms with Gasteiger partial charge in [0.2, 0.25) is 0 Å². The van der Waals surface area contributed by atoms with E-state index < -0.39 is 17.3 Å². The first kappa shape index (κ1) is 16.4. The second kappa shape index (κ2) is 6.01. The van der Waals surface area contributed by atoms with Crippen molar-refractivity contribution in [2.24, 2.45) is 5.41 Å². The van der Waals surface area contributed by atoms with Crippen LogP contribution in [0.25, 0.3) is 0 Å². The summed E-state index contributed by atoms with van der Waals surface area (Å²) in [6, 6.07) is 1.41. The summed E-state index contributed by atoms with van der Waals surface area (Å²) in [5.41, 5.74) is -0.766. The Balaban J connectivity index is 2.22. The molecule has 0 radical (unpaired) electrons. The van der Waals surface area contributed by atoms with E-state index in [1.165, 1.54) is 6.07 Å². The molecule has 0 spiro atoms. The molecule has 1 aromatic rings. The van der Waals surface area contributed by atoms with E-state index in [0.717, 1.165) is 24.2 Å². The molecule has 1 N–H and O–H groups in total. The number of aliphatic carboxylic acids is 1. The first-order valence-corrected chi connectivity index (χ1v) is 8.69. The van der Waals surface area contributed by atoms with E-state index in [9.17, 15) is 13.6 Å². The SMILES string of the molecule is O=C(O)CC1(CC(F)(F)c2cc(Br)c(Br)s2)CCCC1. The van der Waals surface area contributed by atoms with Crippen molar-refractivity contribution >= 4 is 49.2 Å². The number of hydrogen-bond donors (Lipinski definition) is 1. The molecule has 20 heavy (non-hydrogen) atoms. The van der Waals surface area contributed by atoms with Gasteiger partial charge in [-0.1, -0.05) is 12.8 Å². The van der Waals surface area contributed by atoms with E-state index in [-0.39, 0.29) is 17.7 Å². The van der Waals surface area contributed by atoms with Gasteiger partial charge in [0, 0.05) is 10.9 Å². The molecule has 0 saturated heterocycles. The number of alkyl halides is 2. The Hall–Kier alpha value is -0.0100. The fourth-order valence-corrected chi connectivity index (χ4v) is 4.96. The molecule has 0 aromatic carbocycles. The van der Waals surface area contributed by atoms with Gasteiger partial charge in [-0.25, -0.2) is 8.78 Å². The average molecular weight is 432 g/mol. The Bertz CT molecular complexity index is 491. The maximum absolute atomic E-state index is 14.5. The molecule has 2 nitrogen and oxygen atoms in total. The molecule has 112 valence electrons. The summed E-state index contributed by atoms with van der Waals surface area (Å²) < 4.78 is 30.2. The monoisotopic (exact) mass is 430 g/mol. The van der Waals surface area contributed by atoms with Crippen molar-refractivity contribution in [2.45, 2.75) is 44.4 Å². The summed E-state index contributed by atoms with van der Waals surface area (Å²) in [6.45, 7) is 0. The Morgan fingerprint density at radius 3 is 2.45 bits per heavy atom. The van der Waals surface area contributed by atoms with Crippen LogP contribution in [0.4, 0.5) is 8.78 Å². The van der Waals surface area contributed by atoms with Gasteiger partial charge >= 0.3 is 5.97 Å². The Morgan fingerprint density at radius 2 is 2.00 bits per heavy atom. The van der Waals surface area contributed by atoms with Crippen LogP contribution in [0.3, 0.4) is 0 Å². The van der Waals surface area contributed by atoms with E-state index in [2.05, 4.69) is 31.9 Å². The zero-order valence-corrected chi connectivity index (χ0v) is 14.6. The van der Waals surface area contributed by atoms with Crippen molar-refractivity contribution in [1.82, 2.24) is 0 Å². The minimum absolute atomic E-state index is 0.0205. The van der Waals surface area contributed by atoms with Crippen molar-refractivity contribution in [3.05, 3.63) is 19.2 Å². The lowest BCUT2D eigenvalue weighted by molar-refractivity contribution is -0.141. The van der Waals surface area contributed by atoms with E-state index in [4.69, 9.17) is 5.11 Å². The molecule has 1 saturated carbocycles. The van der Waals surface area contributed by atoms with Crippen LogP contribution in [-0.4, -0.2) is 11.1 Å². The highest BCUT2D eigenvalue weighted by molar-refractivity contribution is 9.13. The lowest BCUT2D eigenvalue weighted by Crippen LogP contribution is -2.29. The number of rotatable bonds is 5. The molecule has 1 aliphatic carbocycles. The van der Waals surface area contributed by atoms with Gasteiger partial charge in [0.05, 0.1) is 15.1 Å². The van der Waals surface area contributed by atoms with E-state index in [0.29, 0.717) is 21.1 Å². The quantitative estimate of drug-likeness (QED) is 0.640. The van der Waals surface area contributed by atoms with Crippen molar-refractivity contribution in [2.75, 3.05) is 0 Å². The Labute approximate surface area is 136 Å². The van der Waals surface area contributed by atoms with Gasteiger partial charge < -0.3 is 5.11 Å². The second-order valence-electron chi connectivity index (χ2n) is 5.39. The van der Waals surface area contributed by atoms with Crippen LogP contribution < -0.4 is 0 Å². The second-order valence-corrected chi connectivity index (χ2v) is 8.62. The molecular formula is C13H14Br2F2O2S. The van der Waals surface area contributed by atoms with Gasteiger partial charge in [-0.15, -0.1) is 11.3 Å². The topological polar surface area (TPSA) is 37.3 Å². The van der Waals surface area contributed by atoms with Crippen molar-refractivity contribution < 1.29 is 18.7 Å². The summed E-state index contributed by atoms with van der Waals surface area (Å²) in [7, 11) is 0. The summed E-state index contributed by atoms with van der Waals surface area (Å²) >= 11 is 7.42. The zero-order chi connectivity index (χ0) is 15.0. The Morgan fingerprint density at radius 1 is 1.40 bits per heavy atom. The fourth-order valence-electron chi connectivity index (χ4n) is 2.95. The number of halogens is 4. The minimum Gasteiger partial charge on any atom is -0.481 e. The maximum Gasteiger partial charge on any atom is 0.303 e. The smallest absolute Gasteiger partial charge is 0.303 e. The molecule has 0 bridgehead atoms. The molecule has 0 aliphatic heterocycles. The first-order valence-electron chi connectivity index (χ1n) is 6.29. The van der Waals surface area contributed by atoms with Gasteiger partial charge in [-0.05, 0) is 56.2 Å². The van der Waals surface area contributed by atoms with Gasteiger partial charge in [0.15, 0.2) is 0 Å². The lowest BCUT2D eigenvalue weighted by atomic mass is 9.77. The van der Waals surface area contributed by atoms with Crippen molar-refractivity contribution in [3.8, 4) is 0 Å². The van der Waals surface area contributed by atoms with Crippen molar-refractivity contribution in [1.29, 1.82) is 0 Å². The van der Waals surface area contributed by atoms with E-state index >= 15 is 0 Å². The number of thiophene rings is 1. The molecular weight excluding hydrogens is 418 g/mol. The van der Waals surface area contributed by atoms with E-state index in [1.807, 2.05) is 0 Å². The van der Waals surface area contributed by atoms with Crippen molar-refractivity contribution in [3.63, 3.8) is 0 Å².